The lowest BCUT2D eigenvalue weighted by Crippen LogP contribution is -2.47. The number of nitrogens with two attached hydrogens (primary N) is 1. The average Bonchev–Trinajstić information content (AvgIpc) is 2.86. The number of carbonyl (C=O) groups excluding carboxylic acids is 1. The first kappa shape index (κ1) is 15.4. The predicted octanol–water partition coefficient (Wildman–Crippen LogP) is 1.45. The maximum Gasteiger partial charge on any atom is 0.224 e. The molecule has 2 N–H and O–H groups in total. The number of nitrogens with zero attached hydrogens (tertiary/aromatic N) is 2. The van der Waals surface area contributed by atoms with Crippen LogP contribution in [0.5, 0.6) is 0 Å². The smallest absolute Gasteiger partial charge is 0.224 e. The monoisotopic (exact) mass is 255 g/mol. The van der Waals surface area contributed by atoms with Crippen molar-refractivity contribution in [2.75, 3.05) is 26.2 Å². The zero-order valence-electron chi connectivity index (χ0n) is 12.2. The minimum Gasteiger partial charge on any atom is -0.343 e. The Balaban J connectivity index is 2.55. The molecule has 0 aromatic carbocycles. The van der Waals surface area contributed by atoms with Crippen molar-refractivity contribution >= 4 is 5.91 Å². The Labute approximate surface area is 111 Å². The van der Waals surface area contributed by atoms with Crippen LogP contribution in [0.4, 0.5) is 0 Å². The molecule has 0 bridgehead atoms. The molecule has 0 aromatic rings. The molecule has 1 unspecified atom stereocenters. The summed E-state index contributed by atoms with van der Waals surface area (Å²) >= 11 is 0. The van der Waals surface area contributed by atoms with Crippen molar-refractivity contribution in [3.63, 3.8) is 0 Å². The van der Waals surface area contributed by atoms with Crippen LogP contribution in [0.3, 0.4) is 0 Å². The summed E-state index contributed by atoms with van der Waals surface area (Å²) in [5, 5.41) is 0. The zero-order chi connectivity index (χ0) is 13.5. The van der Waals surface area contributed by atoms with Gasteiger partial charge < -0.3 is 10.6 Å². The molecule has 1 fully saturated rings. The van der Waals surface area contributed by atoms with Crippen LogP contribution in [0.25, 0.3) is 0 Å². The topological polar surface area (TPSA) is 49.6 Å². The number of carbonyl (C=O) groups is 1. The molecule has 1 amide bonds. The fraction of sp³-hybridized carbons (Fsp3) is 0.929. The molecule has 0 aromatic heterocycles. The summed E-state index contributed by atoms with van der Waals surface area (Å²) in [5.41, 5.74) is 5.88. The second-order valence-electron chi connectivity index (χ2n) is 5.51. The van der Waals surface area contributed by atoms with E-state index in [9.17, 15) is 4.79 Å². The third-order valence-electron chi connectivity index (χ3n) is 3.76. The highest BCUT2D eigenvalue weighted by molar-refractivity contribution is 5.77. The second kappa shape index (κ2) is 7.74. The second-order valence-corrected chi connectivity index (χ2v) is 5.51. The van der Waals surface area contributed by atoms with E-state index >= 15 is 0 Å². The summed E-state index contributed by atoms with van der Waals surface area (Å²) in [7, 11) is 0. The van der Waals surface area contributed by atoms with E-state index in [1.165, 1.54) is 0 Å². The highest BCUT2D eigenvalue weighted by Crippen LogP contribution is 2.14. The molecule has 4 heteroatoms. The lowest BCUT2D eigenvalue weighted by atomic mass is 10.1. The predicted molar refractivity (Wildman–Crippen MR) is 75.4 cm³/mol. The van der Waals surface area contributed by atoms with Crippen LogP contribution in [-0.4, -0.2) is 54.0 Å². The quantitative estimate of drug-likeness (QED) is 0.749. The van der Waals surface area contributed by atoms with Crippen molar-refractivity contribution in [1.29, 1.82) is 0 Å². The Kier molecular flexibility index (Phi) is 6.65. The normalized spacial score (nSPS) is 17.8. The summed E-state index contributed by atoms with van der Waals surface area (Å²) in [6.45, 7) is 9.99. The largest absolute Gasteiger partial charge is 0.343 e. The van der Waals surface area contributed by atoms with Gasteiger partial charge in [0.1, 0.15) is 0 Å². The molecule has 1 saturated heterocycles. The first-order valence-corrected chi connectivity index (χ1v) is 7.33. The molecular formula is C14H29N3O. The van der Waals surface area contributed by atoms with Gasteiger partial charge in [0.05, 0.1) is 0 Å². The fourth-order valence-electron chi connectivity index (χ4n) is 2.75. The minimum absolute atomic E-state index is 0.193. The van der Waals surface area contributed by atoms with Crippen LogP contribution in [0.2, 0.25) is 0 Å². The Morgan fingerprint density at radius 1 is 1.33 bits per heavy atom. The maximum absolute atomic E-state index is 12.2. The van der Waals surface area contributed by atoms with E-state index in [0.717, 1.165) is 38.9 Å². The van der Waals surface area contributed by atoms with Crippen molar-refractivity contribution in [2.24, 2.45) is 5.73 Å². The molecule has 0 radical (unpaired) electrons. The first-order valence-electron chi connectivity index (χ1n) is 7.33. The summed E-state index contributed by atoms with van der Waals surface area (Å²) in [6.07, 6.45) is 3.99. The summed E-state index contributed by atoms with van der Waals surface area (Å²) in [6, 6.07) is 0.642. The summed E-state index contributed by atoms with van der Waals surface area (Å²) in [4.78, 5) is 16.6. The van der Waals surface area contributed by atoms with E-state index in [1.54, 1.807) is 0 Å². The van der Waals surface area contributed by atoms with Gasteiger partial charge in [-0.05, 0) is 39.7 Å². The highest BCUT2D eigenvalue weighted by atomic mass is 16.2. The van der Waals surface area contributed by atoms with Crippen molar-refractivity contribution in [3.8, 4) is 0 Å². The van der Waals surface area contributed by atoms with Gasteiger partial charge in [-0.2, -0.15) is 0 Å². The number of amides is 1. The standard InChI is InChI=1S/C14H29N3O/c1-4-7-17(12(2)3)13(11-15)10-14(18)16-8-5-6-9-16/h12-13H,4-11,15H2,1-3H3. The van der Waals surface area contributed by atoms with E-state index < -0.39 is 0 Å². The average molecular weight is 255 g/mol. The lowest BCUT2D eigenvalue weighted by Gasteiger charge is -2.34. The molecule has 1 rings (SSSR count). The number of hydrogen-bond donors (Lipinski definition) is 1. The van der Waals surface area contributed by atoms with E-state index in [2.05, 4.69) is 25.7 Å². The van der Waals surface area contributed by atoms with E-state index in [1.807, 2.05) is 4.90 Å². The van der Waals surface area contributed by atoms with Crippen molar-refractivity contribution in [3.05, 3.63) is 0 Å². The summed E-state index contributed by atoms with van der Waals surface area (Å²) < 4.78 is 0. The van der Waals surface area contributed by atoms with Crippen LogP contribution in [0, 0.1) is 0 Å². The molecule has 1 heterocycles. The van der Waals surface area contributed by atoms with Gasteiger partial charge in [0.15, 0.2) is 0 Å². The molecular weight excluding hydrogens is 226 g/mol. The number of likely N-dealkylation sites (tertiary alicyclic amines) is 1. The Bertz CT molecular complexity index is 249. The minimum atomic E-state index is 0.193. The molecule has 1 aliphatic rings. The van der Waals surface area contributed by atoms with E-state index in [0.29, 0.717) is 19.0 Å². The molecule has 18 heavy (non-hydrogen) atoms. The van der Waals surface area contributed by atoms with Crippen molar-refractivity contribution < 1.29 is 4.79 Å². The maximum atomic E-state index is 12.2. The van der Waals surface area contributed by atoms with Gasteiger partial charge in [0.25, 0.3) is 0 Å². The van der Waals surface area contributed by atoms with Gasteiger partial charge in [-0.3, -0.25) is 9.69 Å². The van der Waals surface area contributed by atoms with Gasteiger partial charge in [-0.15, -0.1) is 0 Å². The highest BCUT2D eigenvalue weighted by Gasteiger charge is 2.25. The molecule has 106 valence electrons. The SMILES string of the molecule is CCCN(C(C)C)C(CN)CC(=O)N1CCCC1. The molecule has 0 spiro atoms. The number of hydrogen-bond acceptors (Lipinski definition) is 3. The Morgan fingerprint density at radius 2 is 1.94 bits per heavy atom. The van der Waals surface area contributed by atoms with Crippen LogP contribution in [-0.2, 0) is 4.79 Å². The third-order valence-corrected chi connectivity index (χ3v) is 3.76. The van der Waals surface area contributed by atoms with Crippen LogP contribution >= 0.6 is 0 Å². The molecule has 0 aliphatic carbocycles. The van der Waals surface area contributed by atoms with Crippen LogP contribution in [0.15, 0.2) is 0 Å². The molecule has 1 aliphatic heterocycles. The summed E-state index contributed by atoms with van der Waals surface area (Å²) in [5.74, 6) is 0.282. The van der Waals surface area contributed by atoms with Crippen molar-refractivity contribution in [1.82, 2.24) is 9.80 Å². The lowest BCUT2D eigenvalue weighted by molar-refractivity contribution is -0.131. The first-order chi connectivity index (χ1) is 8.60. The van der Waals surface area contributed by atoms with Crippen LogP contribution in [0.1, 0.15) is 46.5 Å². The van der Waals surface area contributed by atoms with Gasteiger partial charge >= 0.3 is 0 Å². The van der Waals surface area contributed by atoms with Crippen LogP contribution < -0.4 is 5.73 Å². The molecule has 4 nitrogen and oxygen atoms in total. The molecule has 1 atom stereocenters. The van der Waals surface area contributed by atoms with Gasteiger partial charge in [-0.25, -0.2) is 0 Å². The Morgan fingerprint density at radius 3 is 2.39 bits per heavy atom. The molecule has 0 saturated carbocycles. The Hall–Kier alpha value is -0.610. The van der Waals surface area contributed by atoms with E-state index in [-0.39, 0.29) is 11.9 Å². The third kappa shape index (κ3) is 4.25. The van der Waals surface area contributed by atoms with E-state index in [4.69, 9.17) is 5.73 Å². The van der Waals surface area contributed by atoms with Gasteiger partial charge in [0, 0.05) is 38.1 Å². The van der Waals surface area contributed by atoms with Crippen molar-refractivity contribution in [2.45, 2.75) is 58.5 Å². The zero-order valence-corrected chi connectivity index (χ0v) is 12.2. The number of rotatable bonds is 7. The van der Waals surface area contributed by atoms with Gasteiger partial charge in [-0.1, -0.05) is 6.92 Å². The fourth-order valence-corrected chi connectivity index (χ4v) is 2.75. The van der Waals surface area contributed by atoms with Gasteiger partial charge in [0.2, 0.25) is 5.91 Å².